The quantitative estimate of drug-likeness (QED) is 0.651. The largest absolute Gasteiger partial charge is 0.491 e. The van der Waals surface area contributed by atoms with Gasteiger partial charge in [-0.25, -0.2) is 0 Å². The molecule has 0 unspecified atom stereocenters. The lowest BCUT2D eigenvalue weighted by atomic mass is 10.2. The monoisotopic (exact) mass is 175 g/mol. The zero-order chi connectivity index (χ0) is 9.10. The van der Waals surface area contributed by atoms with Crippen LogP contribution in [-0.2, 0) is 4.74 Å². The highest BCUT2D eigenvalue weighted by Gasteiger charge is 2.22. The summed E-state index contributed by atoms with van der Waals surface area (Å²) in [5.74, 6) is 0.731. The second-order valence-corrected chi connectivity index (χ2v) is 2.91. The zero-order valence-electron chi connectivity index (χ0n) is 7.06. The smallest absolute Gasteiger partial charge is 0.120 e. The summed E-state index contributed by atoms with van der Waals surface area (Å²) in [5.41, 5.74) is 0.620. The Labute approximate surface area is 76.5 Å². The van der Waals surface area contributed by atoms with Gasteiger partial charge in [0.2, 0.25) is 0 Å². The maximum atomic E-state index is 8.62. The van der Waals surface area contributed by atoms with E-state index in [1.54, 1.807) is 12.1 Å². The molecule has 0 aromatic heterocycles. The third-order valence-electron chi connectivity index (χ3n) is 1.80. The van der Waals surface area contributed by atoms with Gasteiger partial charge in [0.1, 0.15) is 18.5 Å². The molecule has 0 amide bonds. The molecule has 3 nitrogen and oxygen atoms in total. The highest BCUT2D eigenvalue weighted by Crippen LogP contribution is 2.15. The van der Waals surface area contributed by atoms with E-state index < -0.39 is 0 Å². The lowest BCUT2D eigenvalue weighted by molar-refractivity contribution is 0.263. The minimum atomic E-state index is 0.255. The Morgan fingerprint density at radius 1 is 1.62 bits per heavy atom. The Morgan fingerprint density at radius 3 is 3.15 bits per heavy atom. The summed E-state index contributed by atoms with van der Waals surface area (Å²) in [4.78, 5) is 0. The number of epoxide rings is 1. The maximum absolute atomic E-state index is 8.62. The summed E-state index contributed by atoms with van der Waals surface area (Å²) in [6.07, 6.45) is 0.255. The van der Waals surface area contributed by atoms with Gasteiger partial charge in [-0.15, -0.1) is 0 Å². The minimum absolute atomic E-state index is 0.255. The number of hydrogen-bond acceptors (Lipinski definition) is 3. The van der Waals surface area contributed by atoms with E-state index in [1.165, 1.54) is 0 Å². The standard InChI is InChI=1S/C10H9NO2/c11-5-8-2-1-3-9(4-8)12-6-10-7-13-10/h1-4,10H,6-7H2/t10-/m1/s1. The van der Waals surface area contributed by atoms with E-state index in [0.29, 0.717) is 12.2 Å². The second kappa shape index (κ2) is 3.46. The van der Waals surface area contributed by atoms with Crippen LogP contribution in [0.2, 0.25) is 0 Å². The van der Waals surface area contributed by atoms with Gasteiger partial charge in [-0.3, -0.25) is 0 Å². The van der Waals surface area contributed by atoms with Gasteiger partial charge in [-0.1, -0.05) is 6.07 Å². The van der Waals surface area contributed by atoms with E-state index in [1.807, 2.05) is 12.1 Å². The number of nitrogens with zero attached hydrogens (tertiary/aromatic N) is 1. The number of rotatable bonds is 3. The van der Waals surface area contributed by atoms with E-state index >= 15 is 0 Å². The molecule has 0 N–H and O–H groups in total. The molecule has 1 aliphatic rings. The van der Waals surface area contributed by atoms with Crippen LogP contribution in [0.25, 0.3) is 0 Å². The zero-order valence-corrected chi connectivity index (χ0v) is 7.06. The van der Waals surface area contributed by atoms with Crippen LogP contribution in [0.1, 0.15) is 5.56 Å². The lowest BCUT2D eigenvalue weighted by Gasteiger charge is -2.02. The van der Waals surface area contributed by atoms with Gasteiger partial charge in [-0.05, 0) is 18.2 Å². The molecule has 13 heavy (non-hydrogen) atoms. The fraction of sp³-hybridized carbons (Fsp3) is 0.300. The molecule has 66 valence electrons. The van der Waals surface area contributed by atoms with Crippen molar-refractivity contribution in [3.8, 4) is 11.8 Å². The SMILES string of the molecule is N#Cc1cccc(OC[C@@H]2CO2)c1. The molecule has 0 radical (unpaired) electrons. The van der Waals surface area contributed by atoms with Gasteiger partial charge >= 0.3 is 0 Å². The number of ether oxygens (including phenoxy) is 2. The van der Waals surface area contributed by atoms with E-state index in [0.717, 1.165) is 12.4 Å². The normalized spacial score (nSPS) is 19.2. The molecule has 0 spiro atoms. The van der Waals surface area contributed by atoms with Crippen LogP contribution < -0.4 is 4.74 Å². The van der Waals surface area contributed by atoms with Crippen LogP contribution in [0.15, 0.2) is 24.3 Å². The first-order valence-electron chi connectivity index (χ1n) is 4.13. The molecule has 1 saturated heterocycles. The molecule has 0 aliphatic carbocycles. The average molecular weight is 175 g/mol. The first-order chi connectivity index (χ1) is 6.38. The molecular weight excluding hydrogens is 166 g/mol. The van der Waals surface area contributed by atoms with Crippen LogP contribution in [0.3, 0.4) is 0 Å². The van der Waals surface area contributed by atoms with Gasteiger partial charge in [0.15, 0.2) is 0 Å². The van der Waals surface area contributed by atoms with Gasteiger partial charge < -0.3 is 9.47 Å². The third-order valence-corrected chi connectivity index (χ3v) is 1.80. The van der Waals surface area contributed by atoms with E-state index in [4.69, 9.17) is 14.7 Å². The fourth-order valence-electron chi connectivity index (χ4n) is 1.01. The molecule has 1 aliphatic heterocycles. The summed E-state index contributed by atoms with van der Waals surface area (Å²) < 4.78 is 10.4. The molecule has 0 bridgehead atoms. The number of benzene rings is 1. The third kappa shape index (κ3) is 2.20. The van der Waals surface area contributed by atoms with E-state index in [-0.39, 0.29) is 6.10 Å². The van der Waals surface area contributed by atoms with Crippen molar-refractivity contribution in [3.63, 3.8) is 0 Å². The number of nitriles is 1. The van der Waals surface area contributed by atoms with Gasteiger partial charge in [0.05, 0.1) is 18.2 Å². The molecular formula is C10H9NO2. The number of hydrogen-bond donors (Lipinski definition) is 0. The van der Waals surface area contributed by atoms with Crippen LogP contribution in [0.4, 0.5) is 0 Å². The Hall–Kier alpha value is -1.53. The summed E-state index contributed by atoms with van der Waals surface area (Å²) in [7, 11) is 0. The average Bonchev–Trinajstić information content (AvgIpc) is 2.99. The molecule has 1 aromatic carbocycles. The van der Waals surface area contributed by atoms with Crippen molar-refractivity contribution >= 4 is 0 Å². The van der Waals surface area contributed by atoms with Crippen molar-refractivity contribution in [1.82, 2.24) is 0 Å². The maximum Gasteiger partial charge on any atom is 0.120 e. The first-order valence-corrected chi connectivity index (χ1v) is 4.13. The Balaban J connectivity index is 1.98. The molecule has 0 saturated carbocycles. The molecule has 3 heteroatoms. The molecule has 1 aromatic rings. The van der Waals surface area contributed by atoms with Crippen molar-refractivity contribution in [1.29, 1.82) is 5.26 Å². The predicted molar refractivity (Wildman–Crippen MR) is 46.4 cm³/mol. The summed E-state index contributed by atoms with van der Waals surface area (Å²) in [6, 6.07) is 9.18. The Bertz CT molecular complexity index is 339. The summed E-state index contributed by atoms with van der Waals surface area (Å²) >= 11 is 0. The lowest BCUT2D eigenvalue weighted by Crippen LogP contribution is -2.03. The Kier molecular flexibility index (Phi) is 2.15. The van der Waals surface area contributed by atoms with Gasteiger partial charge in [0, 0.05) is 0 Å². The van der Waals surface area contributed by atoms with Crippen molar-refractivity contribution in [2.45, 2.75) is 6.10 Å². The van der Waals surface area contributed by atoms with Crippen LogP contribution in [0.5, 0.6) is 5.75 Å². The fourth-order valence-corrected chi connectivity index (χ4v) is 1.01. The molecule has 1 fully saturated rings. The molecule has 1 atom stereocenters. The highest BCUT2D eigenvalue weighted by atomic mass is 16.6. The van der Waals surface area contributed by atoms with Gasteiger partial charge in [0.25, 0.3) is 0 Å². The Morgan fingerprint density at radius 2 is 2.46 bits per heavy atom. The first kappa shape index (κ1) is 8.09. The second-order valence-electron chi connectivity index (χ2n) is 2.91. The van der Waals surface area contributed by atoms with Crippen LogP contribution >= 0.6 is 0 Å². The molecule has 1 heterocycles. The predicted octanol–water partition coefficient (Wildman–Crippen LogP) is 1.34. The summed E-state index contributed by atoms with van der Waals surface area (Å²) in [6.45, 7) is 1.37. The van der Waals surface area contributed by atoms with Crippen molar-refractivity contribution in [2.75, 3.05) is 13.2 Å². The van der Waals surface area contributed by atoms with Crippen molar-refractivity contribution in [3.05, 3.63) is 29.8 Å². The van der Waals surface area contributed by atoms with E-state index in [2.05, 4.69) is 6.07 Å². The van der Waals surface area contributed by atoms with Crippen molar-refractivity contribution in [2.24, 2.45) is 0 Å². The summed E-state index contributed by atoms with van der Waals surface area (Å²) in [5, 5.41) is 8.62. The van der Waals surface area contributed by atoms with Gasteiger partial charge in [-0.2, -0.15) is 5.26 Å². The van der Waals surface area contributed by atoms with E-state index in [9.17, 15) is 0 Å². The van der Waals surface area contributed by atoms with Crippen molar-refractivity contribution < 1.29 is 9.47 Å². The highest BCUT2D eigenvalue weighted by molar-refractivity contribution is 5.36. The molecule has 2 rings (SSSR count). The minimum Gasteiger partial charge on any atom is -0.491 e. The topological polar surface area (TPSA) is 45.5 Å². The van der Waals surface area contributed by atoms with Crippen LogP contribution in [0, 0.1) is 11.3 Å². The van der Waals surface area contributed by atoms with Crippen LogP contribution in [-0.4, -0.2) is 19.3 Å².